The Morgan fingerprint density at radius 3 is 2.66 bits per heavy atom. The van der Waals surface area contributed by atoms with Crippen molar-refractivity contribution < 1.29 is 27.6 Å². The Morgan fingerprint density at radius 2 is 1.97 bits per heavy atom. The van der Waals surface area contributed by atoms with Gasteiger partial charge in [-0.25, -0.2) is 4.39 Å². The smallest absolute Gasteiger partial charge is 0.207 e. The predicted octanol–water partition coefficient (Wildman–Crippen LogP) is 4.58. The lowest BCUT2D eigenvalue weighted by atomic mass is 10.1. The van der Waals surface area contributed by atoms with Gasteiger partial charge in [-0.05, 0) is 11.6 Å². The van der Waals surface area contributed by atoms with Crippen LogP contribution in [0.1, 0.15) is 30.4 Å². The highest BCUT2D eigenvalue weighted by Crippen LogP contribution is 2.36. The van der Waals surface area contributed by atoms with Crippen molar-refractivity contribution in [3.8, 4) is 0 Å². The number of nitrogens with zero attached hydrogens (tertiary/aromatic N) is 1. The molecule has 1 N–H and O–H groups in total. The van der Waals surface area contributed by atoms with Gasteiger partial charge in [0.25, 0.3) is 0 Å². The fraction of sp³-hybridized carbons (Fsp3) is 0.300. The van der Waals surface area contributed by atoms with E-state index in [1.807, 2.05) is 30.3 Å². The number of hydrogen-bond acceptors (Lipinski definition) is 7. The fourth-order valence-corrected chi connectivity index (χ4v) is 3.80. The van der Waals surface area contributed by atoms with Gasteiger partial charge >= 0.3 is 0 Å². The summed E-state index contributed by atoms with van der Waals surface area (Å²) in [5.41, 5.74) is 0.577. The van der Waals surface area contributed by atoms with Gasteiger partial charge in [-0.3, -0.25) is 4.79 Å². The molecule has 1 aliphatic heterocycles. The van der Waals surface area contributed by atoms with Crippen LogP contribution < -0.4 is 5.32 Å². The third-order valence-electron chi connectivity index (χ3n) is 4.52. The molecule has 29 heavy (non-hydrogen) atoms. The van der Waals surface area contributed by atoms with E-state index in [0.717, 1.165) is 17.3 Å². The van der Waals surface area contributed by atoms with E-state index in [4.69, 9.17) is 14.0 Å². The van der Waals surface area contributed by atoms with E-state index in [0.29, 0.717) is 19.0 Å². The van der Waals surface area contributed by atoms with Crippen LogP contribution >= 0.6 is 11.8 Å². The number of halogens is 2. The van der Waals surface area contributed by atoms with Gasteiger partial charge in [0.1, 0.15) is 0 Å². The Balaban J connectivity index is 1.71. The van der Waals surface area contributed by atoms with Crippen molar-refractivity contribution in [2.45, 2.75) is 19.3 Å². The van der Waals surface area contributed by atoms with E-state index in [2.05, 4.69) is 10.5 Å². The molecule has 9 heteroatoms. The first kappa shape index (κ1) is 19.8. The average molecular weight is 420 g/mol. The molecule has 0 amide bonds. The van der Waals surface area contributed by atoms with Crippen LogP contribution in [-0.2, 0) is 14.3 Å². The van der Waals surface area contributed by atoms with Crippen molar-refractivity contribution in [3.63, 3.8) is 0 Å². The number of fused-ring (bicyclic) bond motifs is 1. The summed E-state index contributed by atoms with van der Waals surface area (Å²) in [6, 6.07) is 10.6. The summed E-state index contributed by atoms with van der Waals surface area (Å²) in [6.45, 7) is 2.10. The van der Waals surface area contributed by atoms with Crippen LogP contribution in [0.4, 0.5) is 14.6 Å². The Hall–Kier alpha value is -2.49. The zero-order chi connectivity index (χ0) is 20.4. The highest BCUT2D eigenvalue weighted by molar-refractivity contribution is 8.13. The zero-order valence-electron chi connectivity index (χ0n) is 15.5. The number of carbonyl (C=O) groups is 1. The summed E-state index contributed by atoms with van der Waals surface area (Å²) in [7, 11) is 0. The number of hydrogen-bond donors (Lipinski definition) is 1. The molecular weight excluding hydrogens is 402 g/mol. The minimum absolute atomic E-state index is 0.0244. The average Bonchev–Trinajstić information content (AvgIpc) is 3.38. The minimum atomic E-state index is -1.15. The van der Waals surface area contributed by atoms with E-state index in [-0.39, 0.29) is 33.5 Å². The van der Waals surface area contributed by atoms with Gasteiger partial charge in [-0.2, -0.15) is 4.39 Å². The monoisotopic (exact) mass is 420 g/mol. The van der Waals surface area contributed by atoms with E-state index in [9.17, 15) is 13.6 Å². The molecule has 0 radical (unpaired) electrons. The van der Waals surface area contributed by atoms with Crippen LogP contribution in [0.15, 0.2) is 40.9 Å². The topological polar surface area (TPSA) is 73.6 Å². The first-order chi connectivity index (χ1) is 14.0. The Kier molecular flexibility index (Phi) is 5.79. The van der Waals surface area contributed by atoms with Crippen LogP contribution in [0.3, 0.4) is 0 Å². The summed E-state index contributed by atoms with van der Waals surface area (Å²) in [6.07, 6.45) is -0.977. The van der Waals surface area contributed by atoms with Crippen LogP contribution in [-0.4, -0.2) is 29.2 Å². The molecule has 1 saturated heterocycles. The first-order valence-electron chi connectivity index (χ1n) is 9.00. The molecule has 1 aliphatic rings. The van der Waals surface area contributed by atoms with Crippen LogP contribution in [0.5, 0.6) is 0 Å². The van der Waals surface area contributed by atoms with E-state index < -0.39 is 17.9 Å². The molecule has 4 rings (SSSR count). The number of anilines is 1. The number of benzene rings is 2. The molecular formula is C20H18F2N2O4S. The molecule has 1 atom stereocenters. The normalized spacial score (nSPS) is 15.7. The number of nitrogens with one attached hydrogen (secondary N) is 1. The zero-order valence-corrected chi connectivity index (χ0v) is 16.3. The highest BCUT2D eigenvalue weighted by atomic mass is 32.2. The second-order valence-corrected chi connectivity index (χ2v) is 7.68. The SMILES string of the molecule is CC(=O)SC[C@@H](Nc1noc2c(F)c(F)c(C3OCCO3)cc12)c1ccccc1. The van der Waals surface area contributed by atoms with Gasteiger partial charge < -0.3 is 19.3 Å². The molecule has 152 valence electrons. The Labute approximate surface area is 169 Å². The van der Waals surface area contributed by atoms with Crippen molar-refractivity contribution in [2.24, 2.45) is 0 Å². The molecule has 3 aromatic rings. The lowest BCUT2D eigenvalue weighted by Gasteiger charge is -2.18. The summed E-state index contributed by atoms with van der Waals surface area (Å²) >= 11 is 1.16. The third kappa shape index (κ3) is 4.12. The van der Waals surface area contributed by atoms with E-state index >= 15 is 0 Å². The number of thioether (sulfide) groups is 1. The van der Waals surface area contributed by atoms with E-state index in [1.165, 1.54) is 13.0 Å². The lowest BCUT2D eigenvalue weighted by molar-refractivity contribution is -0.109. The van der Waals surface area contributed by atoms with Gasteiger partial charge in [0.2, 0.25) is 11.4 Å². The third-order valence-corrected chi connectivity index (χ3v) is 5.42. The van der Waals surface area contributed by atoms with Crippen LogP contribution in [0, 0.1) is 11.6 Å². The largest absolute Gasteiger partial charge is 0.359 e. The summed E-state index contributed by atoms with van der Waals surface area (Å²) in [4.78, 5) is 11.5. The van der Waals surface area contributed by atoms with Crippen molar-refractivity contribution in [3.05, 3.63) is 59.2 Å². The second kappa shape index (κ2) is 8.48. The molecule has 0 unspecified atom stereocenters. The first-order valence-corrected chi connectivity index (χ1v) is 9.98. The summed E-state index contributed by atoms with van der Waals surface area (Å²) < 4.78 is 44.7. The highest BCUT2D eigenvalue weighted by Gasteiger charge is 2.28. The molecule has 0 aliphatic carbocycles. The predicted molar refractivity (Wildman–Crippen MR) is 105 cm³/mol. The minimum Gasteiger partial charge on any atom is -0.359 e. The van der Waals surface area contributed by atoms with Gasteiger partial charge in [0, 0.05) is 18.2 Å². The molecule has 0 saturated carbocycles. The van der Waals surface area contributed by atoms with Gasteiger partial charge in [-0.1, -0.05) is 47.3 Å². The second-order valence-electron chi connectivity index (χ2n) is 6.49. The number of rotatable bonds is 6. The van der Waals surface area contributed by atoms with Crippen molar-refractivity contribution >= 4 is 33.7 Å². The molecule has 1 fully saturated rings. The Bertz CT molecular complexity index is 1020. The maximum atomic E-state index is 14.5. The number of ether oxygens (including phenoxy) is 2. The summed E-state index contributed by atoms with van der Waals surface area (Å²) in [5, 5.41) is 7.32. The molecule has 1 aromatic heterocycles. The van der Waals surface area contributed by atoms with Crippen LogP contribution in [0.25, 0.3) is 11.0 Å². The van der Waals surface area contributed by atoms with E-state index in [1.54, 1.807) is 0 Å². The fourth-order valence-electron chi connectivity index (χ4n) is 3.12. The maximum Gasteiger partial charge on any atom is 0.207 e. The number of carbonyl (C=O) groups excluding carboxylic acids is 1. The van der Waals surface area contributed by atoms with Crippen LogP contribution in [0.2, 0.25) is 0 Å². The van der Waals surface area contributed by atoms with Gasteiger partial charge in [0.15, 0.2) is 23.0 Å². The Morgan fingerprint density at radius 1 is 1.24 bits per heavy atom. The van der Waals surface area contributed by atoms with Gasteiger partial charge in [0.05, 0.1) is 24.6 Å². The molecule has 6 nitrogen and oxygen atoms in total. The van der Waals surface area contributed by atoms with Crippen molar-refractivity contribution in [1.82, 2.24) is 5.16 Å². The number of aromatic nitrogens is 1. The summed E-state index contributed by atoms with van der Waals surface area (Å²) in [5.74, 6) is -1.56. The molecule has 2 heterocycles. The molecule has 2 aromatic carbocycles. The van der Waals surface area contributed by atoms with Crippen molar-refractivity contribution in [2.75, 3.05) is 24.3 Å². The lowest BCUT2D eigenvalue weighted by Crippen LogP contribution is -2.14. The quantitative estimate of drug-likeness (QED) is 0.625. The van der Waals surface area contributed by atoms with Gasteiger partial charge in [-0.15, -0.1) is 0 Å². The molecule has 0 spiro atoms. The van der Waals surface area contributed by atoms with Crippen molar-refractivity contribution in [1.29, 1.82) is 0 Å². The maximum absolute atomic E-state index is 14.5. The standard InChI is InChI=1S/C20H18F2N2O4S/c1-11(25)29-10-15(12-5-3-2-4-6-12)23-19-14-9-13(20-26-7-8-27-20)16(21)17(22)18(14)28-24-19/h2-6,9,15,20H,7-8,10H2,1H3,(H,23,24)/t15-/m1/s1. The molecule has 0 bridgehead atoms.